The highest BCUT2D eigenvalue weighted by Crippen LogP contribution is 2.56. The van der Waals surface area contributed by atoms with Gasteiger partial charge < -0.3 is 0 Å². The van der Waals surface area contributed by atoms with Crippen LogP contribution < -0.4 is 0 Å². The average molecular weight is 929 g/mol. The fourth-order valence-corrected chi connectivity index (χ4v) is 9.81. The highest BCUT2D eigenvalue weighted by molar-refractivity contribution is 6.75. The molecule has 0 atom stereocenters. The number of hydrogen-bond donors (Lipinski definition) is 0. The Morgan fingerprint density at radius 1 is 0.283 bits per heavy atom. The Bertz CT molecular complexity index is 1620. The second kappa shape index (κ2) is 15.5. The normalized spacial score (nSPS) is 11.2. The lowest BCUT2D eigenvalue weighted by Gasteiger charge is -2.29. The molecule has 0 aliphatic carbocycles. The summed E-state index contributed by atoms with van der Waals surface area (Å²) < 4.78 is 0. The van der Waals surface area contributed by atoms with E-state index in [2.05, 4.69) is 0 Å². The average Bonchev–Trinajstić information content (AvgIpc) is 2.86. The Kier molecular flexibility index (Phi) is 13.6. The Morgan fingerprint density at radius 2 is 0.413 bits per heavy atom. The van der Waals surface area contributed by atoms with Crippen LogP contribution >= 0.6 is 174 Å². The van der Waals surface area contributed by atoms with E-state index in [0.717, 1.165) is 0 Å². The summed E-state index contributed by atoms with van der Waals surface area (Å²) in [5.74, 6) is -2.06. The molecule has 242 valence electrons. The van der Waals surface area contributed by atoms with Gasteiger partial charge in [-0.25, -0.2) is 0 Å². The summed E-state index contributed by atoms with van der Waals surface area (Å²) in [5, 5.41) is -14.9. The van der Waals surface area contributed by atoms with Crippen LogP contribution in [0.5, 0.6) is 0 Å². The van der Waals surface area contributed by atoms with Gasteiger partial charge in [0, 0.05) is 22.6 Å². The third kappa shape index (κ3) is 6.99. The molecule has 0 amide bonds. The summed E-state index contributed by atoms with van der Waals surface area (Å²) in [6, 6.07) is 0. The van der Waals surface area contributed by atoms with E-state index >= 15 is 0 Å². The molecule has 3 aromatic rings. The molecule has 0 N–H and O–H groups in total. The van der Waals surface area contributed by atoms with Crippen molar-refractivity contribution in [2.45, 2.75) is 5.92 Å². The van der Waals surface area contributed by atoms with E-state index in [9.17, 15) is 28.8 Å². The zero-order valence-electron chi connectivity index (χ0n) is 20.7. The van der Waals surface area contributed by atoms with Crippen molar-refractivity contribution in [1.29, 1.82) is 0 Å². The van der Waals surface area contributed by atoms with Crippen molar-refractivity contribution in [1.82, 2.24) is 0 Å². The summed E-state index contributed by atoms with van der Waals surface area (Å²) in [7, 11) is 0. The van der Waals surface area contributed by atoms with Gasteiger partial charge >= 0.3 is 0 Å². The second-order valence-corrected chi connectivity index (χ2v) is 13.9. The highest BCUT2D eigenvalue weighted by atomic mass is 35.5. The lowest BCUT2D eigenvalue weighted by molar-refractivity contribution is 0.106. The molecule has 0 radical (unpaired) electrons. The number of hydrogen-bond acceptors (Lipinski definition) is 6. The predicted octanol–water partition coefficient (Wildman–Crippen LogP) is 13.0. The van der Waals surface area contributed by atoms with Crippen molar-refractivity contribution in [3.8, 4) is 0 Å². The van der Waals surface area contributed by atoms with Crippen molar-refractivity contribution in [3.05, 3.63) is 95.3 Å². The second-order valence-electron chi connectivity index (χ2n) is 8.39. The molecule has 0 aliphatic rings. The molecule has 0 spiro atoms. The summed E-state index contributed by atoms with van der Waals surface area (Å²) >= 11 is 93.1. The number of carbonyl (C=O) groups excluding carboxylic acids is 6. The van der Waals surface area contributed by atoms with Crippen LogP contribution in [0.2, 0.25) is 45.2 Å². The first-order valence-corrected chi connectivity index (χ1v) is 16.6. The molecule has 21 heteroatoms. The maximum absolute atomic E-state index is 12.6. The van der Waals surface area contributed by atoms with E-state index in [0.29, 0.717) is 0 Å². The Hall–Kier alpha value is 0.0300. The van der Waals surface area contributed by atoms with Gasteiger partial charge in [-0.05, 0) is 69.6 Å². The third-order valence-electron chi connectivity index (χ3n) is 6.10. The molecular weight excluding hydrogens is 928 g/mol. The molecule has 0 fully saturated rings. The first-order chi connectivity index (χ1) is 21.1. The number of benzene rings is 3. The van der Waals surface area contributed by atoms with Gasteiger partial charge in [0.15, 0.2) is 0 Å². The van der Waals surface area contributed by atoms with Gasteiger partial charge in [0.1, 0.15) is 0 Å². The van der Waals surface area contributed by atoms with Gasteiger partial charge in [-0.3, -0.25) is 28.8 Å². The molecular formula is C25HCl15O6. The van der Waals surface area contributed by atoms with Crippen LogP contribution in [0.25, 0.3) is 0 Å². The van der Waals surface area contributed by atoms with Crippen molar-refractivity contribution in [3.63, 3.8) is 0 Å². The van der Waals surface area contributed by atoms with E-state index in [1.54, 1.807) is 0 Å². The smallest absolute Gasteiger partial charge is 0.255 e. The van der Waals surface area contributed by atoms with Gasteiger partial charge in [-0.15, -0.1) is 0 Å². The van der Waals surface area contributed by atoms with Crippen LogP contribution in [0.15, 0.2) is 0 Å². The predicted molar refractivity (Wildman–Crippen MR) is 186 cm³/mol. The molecule has 3 aromatic carbocycles. The lowest BCUT2D eigenvalue weighted by atomic mass is 9.80. The minimum Gasteiger partial charge on any atom is -0.275 e. The number of carbonyl (C=O) groups is 6. The summed E-state index contributed by atoms with van der Waals surface area (Å²) in [5.41, 5.74) is -6.55. The largest absolute Gasteiger partial charge is 0.275 e. The van der Waals surface area contributed by atoms with Gasteiger partial charge in [0.25, 0.3) is 31.5 Å². The standard InChI is InChI=1S/C25HCl15O6/c26-11-2(12(27)6(21(36)42)17(32)5(11)20(35)41)1(3-13(28)7(22(37)43)18(33)8(14(3)29)23(38)44)4-15(30)9(24(39)45)19(34)10(16(4)31)25(40)46/h1H. The van der Waals surface area contributed by atoms with Crippen LogP contribution in [0.4, 0.5) is 0 Å². The van der Waals surface area contributed by atoms with Gasteiger partial charge in [0.05, 0.1) is 78.6 Å². The minimum atomic E-state index is -2.06. The minimum absolute atomic E-state index is 0.639. The maximum atomic E-state index is 12.6. The lowest BCUT2D eigenvalue weighted by Crippen LogP contribution is -2.17. The van der Waals surface area contributed by atoms with E-state index in [-0.39, 0.29) is 0 Å². The molecule has 0 saturated carbocycles. The van der Waals surface area contributed by atoms with Crippen molar-refractivity contribution in [2.75, 3.05) is 0 Å². The van der Waals surface area contributed by atoms with E-state index in [4.69, 9.17) is 174 Å². The van der Waals surface area contributed by atoms with Crippen LogP contribution in [0.1, 0.15) is 84.8 Å². The fourth-order valence-electron chi connectivity index (χ4n) is 4.28. The van der Waals surface area contributed by atoms with Crippen LogP contribution in [0.3, 0.4) is 0 Å². The SMILES string of the molecule is O=C(Cl)c1c(Cl)c(C(=O)Cl)c(Cl)c(C(c2c(Cl)c(C(=O)Cl)c(Cl)c(C(=O)Cl)c2Cl)c2c(Cl)c(C(=O)Cl)c(Cl)c(C(=O)Cl)c2Cl)c1Cl. The van der Waals surface area contributed by atoms with E-state index in [1.807, 2.05) is 0 Å². The molecule has 0 heterocycles. The van der Waals surface area contributed by atoms with Crippen molar-refractivity contribution >= 4 is 205 Å². The Morgan fingerprint density at radius 3 is 0.522 bits per heavy atom. The molecule has 0 aliphatic heterocycles. The van der Waals surface area contributed by atoms with Crippen LogP contribution in [0, 0.1) is 0 Å². The van der Waals surface area contributed by atoms with Gasteiger partial charge in [-0.1, -0.05) is 104 Å². The fraction of sp³-hybridized carbons (Fsp3) is 0.0400. The van der Waals surface area contributed by atoms with Crippen molar-refractivity contribution < 1.29 is 28.8 Å². The van der Waals surface area contributed by atoms with Gasteiger partial charge in [-0.2, -0.15) is 0 Å². The first kappa shape index (κ1) is 40.5. The third-order valence-corrected chi connectivity index (χ3v) is 10.7. The van der Waals surface area contributed by atoms with E-state index in [1.165, 1.54) is 0 Å². The number of rotatable bonds is 9. The Labute approximate surface area is 332 Å². The molecule has 0 aromatic heterocycles. The summed E-state index contributed by atoms with van der Waals surface area (Å²) in [4.78, 5) is 75.4. The number of halogens is 15. The zero-order chi connectivity index (χ0) is 35.4. The quantitative estimate of drug-likeness (QED) is 0.156. The van der Waals surface area contributed by atoms with Crippen molar-refractivity contribution in [2.24, 2.45) is 0 Å². The topological polar surface area (TPSA) is 102 Å². The molecule has 3 rings (SSSR count). The molecule has 0 bridgehead atoms. The van der Waals surface area contributed by atoms with Crippen LogP contribution in [-0.4, -0.2) is 31.5 Å². The summed E-state index contributed by atoms with van der Waals surface area (Å²) in [6.45, 7) is 0. The molecule has 46 heavy (non-hydrogen) atoms. The van der Waals surface area contributed by atoms with Gasteiger partial charge in [0.2, 0.25) is 0 Å². The zero-order valence-corrected chi connectivity index (χ0v) is 32.0. The van der Waals surface area contributed by atoms with E-state index < -0.39 is 133 Å². The first-order valence-electron chi connectivity index (χ1n) is 10.9. The highest BCUT2D eigenvalue weighted by Gasteiger charge is 2.41. The van der Waals surface area contributed by atoms with Crippen LogP contribution in [-0.2, 0) is 0 Å². The molecule has 6 nitrogen and oxygen atoms in total. The summed E-state index contributed by atoms with van der Waals surface area (Å²) in [6.07, 6.45) is 0. The maximum Gasteiger partial charge on any atom is 0.255 e. The molecule has 0 saturated heterocycles. The Balaban J connectivity index is 2.97. The molecule has 0 unspecified atom stereocenters. The monoisotopic (exact) mass is 922 g/mol.